The highest BCUT2D eigenvalue weighted by molar-refractivity contribution is 5.89. The van der Waals surface area contributed by atoms with Gasteiger partial charge in [-0.2, -0.15) is 0 Å². The minimum absolute atomic E-state index is 0.0588. The molecule has 0 aromatic rings. The molecule has 0 aromatic carbocycles. The topological polar surface area (TPSA) is 94.1 Å². The van der Waals surface area contributed by atoms with Crippen LogP contribution in [0, 0.1) is 11.8 Å². The third-order valence-electron chi connectivity index (χ3n) is 5.22. The first-order valence-electron chi connectivity index (χ1n) is 8.88. The van der Waals surface area contributed by atoms with Crippen LogP contribution in [0.3, 0.4) is 0 Å². The lowest BCUT2D eigenvalue weighted by atomic mass is 10.0. The summed E-state index contributed by atoms with van der Waals surface area (Å²) < 4.78 is 5.32. The molecule has 0 aliphatic carbocycles. The zero-order valence-corrected chi connectivity index (χ0v) is 14.1. The first-order chi connectivity index (χ1) is 11.6. The molecule has 24 heavy (non-hydrogen) atoms. The Morgan fingerprint density at radius 1 is 1.29 bits per heavy atom. The van der Waals surface area contributed by atoms with Gasteiger partial charge in [-0.15, -0.1) is 0 Å². The smallest absolute Gasteiger partial charge is 0.225 e. The van der Waals surface area contributed by atoms with Gasteiger partial charge in [-0.25, -0.2) is 0 Å². The van der Waals surface area contributed by atoms with Crippen LogP contribution in [0.5, 0.6) is 0 Å². The summed E-state index contributed by atoms with van der Waals surface area (Å²) in [4.78, 5) is 28.5. The Kier molecular flexibility index (Phi) is 6.04. The first kappa shape index (κ1) is 17.6. The van der Waals surface area contributed by atoms with Crippen LogP contribution in [0.1, 0.15) is 6.42 Å². The molecule has 3 rings (SSSR count). The summed E-state index contributed by atoms with van der Waals surface area (Å²) in [6, 6.07) is 0. The first-order valence-corrected chi connectivity index (χ1v) is 8.88. The van der Waals surface area contributed by atoms with Crippen LogP contribution in [-0.4, -0.2) is 98.4 Å². The van der Waals surface area contributed by atoms with E-state index in [2.05, 4.69) is 15.5 Å². The minimum Gasteiger partial charge on any atom is -0.391 e. The monoisotopic (exact) mass is 340 g/mol. The van der Waals surface area contributed by atoms with E-state index in [0.29, 0.717) is 32.6 Å². The van der Waals surface area contributed by atoms with Crippen LogP contribution in [0.25, 0.3) is 0 Å². The fourth-order valence-electron chi connectivity index (χ4n) is 3.55. The van der Waals surface area contributed by atoms with Crippen LogP contribution < -0.4 is 10.6 Å². The van der Waals surface area contributed by atoms with Crippen molar-refractivity contribution in [1.82, 2.24) is 20.4 Å². The summed E-state index contributed by atoms with van der Waals surface area (Å²) in [7, 11) is 0. The number of rotatable bonds is 6. The molecule has 3 unspecified atom stereocenters. The second-order valence-electron chi connectivity index (χ2n) is 6.93. The summed E-state index contributed by atoms with van der Waals surface area (Å²) in [5.74, 6) is -0.223. The molecule has 0 radical (unpaired) electrons. The number of carbonyl (C=O) groups excluding carboxylic acids is 2. The molecule has 3 atom stereocenters. The zero-order chi connectivity index (χ0) is 16.9. The molecule has 3 aliphatic rings. The third kappa shape index (κ3) is 4.44. The van der Waals surface area contributed by atoms with Crippen molar-refractivity contribution in [2.75, 3.05) is 65.6 Å². The number of ether oxygens (including phenoxy) is 1. The molecule has 3 heterocycles. The molecule has 3 saturated heterocycles. The summed E-state index contributed by atoms with van der Waals surface area (Å²) in [5.41, 5.74) is 0. The van der Waals surface area contributed by atoms with E-state index in [1.165, 1.54) is 0 Å². The van der Waals surface area contributed by atoms with E-state index >= 15 is 0 Å². The number of hydrogen-bond acceptors (Lipinski definition) is 6. The van der Waals surface area contributed by atoms with Crippen molar-refractivity contribution in [3.8, 4) is 0 Å². The molecule has 0 saturated carbocycles. The van der Waals surface area contributed by atoms with E-state index < -0.39 is 6.10 Å². The molecule has 0 bridgehead atoms. The lowest BCUT2D eigenvalue weighted by molar-refractivity contribution is -0.129. The normalized spacial score (nSPS) is 31.6. The Balaban J connectivity index is 1.39. The Bertz CT molecular complexity index is 455. The fourth-order valence-corrected chi connectivity index (χ4v) is 3.55. The van der Waals surface area contributed by atoms with Crippen LogP contribution in [-0.2, 0) is 14.3 Å². The maximum Gasteiger partial charge on any atom is 0.225 e. The number of nitrogens with one attached hydrogen (secondary N) is 2. The van der Waals surface area contributed by atoms with E-state index in [-0.39, 0.29) is 23.7 Å². The quantitative estimate of drug-likeness (QED) is 0.511. The molecule has 0 aromatic heterocycles. The summed E-state index contributed by atoms with van der Waals surface area (Å²) in [5, 5.41) is 15.8. The molecule has 8 heteroatoms. The lowest BCUT2D eigenvalue weighted by Crippen LogP contribution is -2.42. The van der Waals surface area contributed by atoms with E-state index in [1.54, 1.807) is 4.90 Å². The minimum atomic E-state index is -0.402. The van der Waals surface area contributed by atoms with Gasteiger partial charge in [0.05, 0.1) is 25.2 Å². The molecule has 136 valence electrons. The predicted octanol–water partition coefficient (Wildman–Crippen LogP) is -2.14. The maximum atomic E-state index is 12.3. The molecule has 2 amide bonds. The number of carbonyl (C=O) groups is 2. The van der Waals surface area contributed by atoms with Crippen molar-refractivity contribution in [2.45, 2.75) is 12.5 Å². The predicted molar refractivity (Wildman–Crippen MR) is 87.3 cm³/mol. The van der Waals surface area contributed by atoms with Gasteiger partial charge in [-0.05, 0) is 0 Å². The maximum absolute atomic E-state index is 12.3. The van der Waals surface area contributed by atoms with Crippen LogP contribution >= 0.6 is 0 Å². The summed E-state index contributed by atoms with van der Waals surface area (Å²) in [6.45, 7) is 7.09. The van der Waals surface area contributed by atoms with Gasteiger partial charge in [0.2, 0.25) is 11.8 Å². The van der Waals surface area contributed by atoms with Gasteiger partial charge in [-0.1, -0.05) is 0 Å². The molecule has 3 N–H and O–H groups in total. The second kappa shape index (κ2) is 8.24. The number of hydrogen-bond donors (Lipinski definition) is 3. The van der Waals surface area contributed by atoms with Crippen molar-refractivity contribution in [3.05, 3.63) is 0 Å². The lowest BCUT2D eigenvalue weighted by Gasteiger charge is -2.28. The van der Waals surface area contributed by atoms with Crippen molar-refractivity contribution in [1.29, 1.82) is 0 Å². The zero-order valence-electron chi connectivity index (χ0n) is 14.1. The van der Waals surface area contributed by atoms with Crippen LogP contribution in [0.2, 0.25) is 0 Å². The van der Waals surface area contributed by atoms with Crippen molar-refractivity contribution in [3.63, 3.8) is 0 Å². The Hall–Kier alpha value is -1.22. The van der Waals surface area contributed by atoms with Gasteiger partial charge in [0.25, 0.3) is 0 Å². The van der Waals surface area contributed by atoms with Gasteiger partial charge in [0, 0.05) is 64.7 Å². The molecular weight excluding hydrogens is 312 g/mol. The highest BCUT2D eigenvalue weighted by Crippen LogP contribution is 2.18. The third-order valence-corrected chi connectivity index (χ3v) is 5.22. The van der Waals surface area contributed by atoms with Crippen molar-refractivity contribution < 1.29 is 19.4 Å². The molecule has 0 spiro atoms. The molecule has 8 nitrogen and oxygen atoms in total. The number of aliphatic hydroxyl groups is 1. The number of nitrogens with zero attached hydrogens (tertiary/aromatic N) is 2. The number of amides is 2. The highest BCUT2D eigenvalue weighted by atomic mass is 16.5. The highest BCUT2D eigenvalue weighted by Gasteiger charge is 2.35. The van der Waals surface area contributed by atoms with Crippen LogP contribution in [0.4, 0.5) is 0 Å². The standard InChI is InChI=1S/C16H28N4O4/c21-14-10-17-8-13(14)9-18-16(23)12-7-15(22)20(11-12)2-1-19-3-5-24-6-4-19/h12-14,17,21H,1-11H2,(H,18,23). The number of likely N-dealkylation sites (tertiary alicyclic amines) is 1. The number of β-amino-alcohol motifs (C(OH)–C–C–N with tert-alkyl or cyclic N) is 1. The van der Waals surface area contributed by atoms with Crippen molar-refractivity contribution in [2.24, 2.45) is 11.8 Å². The van der Waals surface area contributed by atoms with Crippen LogP contribution in [0.15, 0.2) is 0 Å². The van der Waals surface area contributed by atoms with Gasteiger partial charge >= 0.3 is 0 Å². The molecule has 3 fully saturated rings. The molecular formula is C16H28N4O4. The summed E-state index contributed by atoms with van der Waals surface area (Å²) >= 11 is 0. The Morgan fingerprint density at radius 3 is 2.79 bits per heavy atom. The molecule has 3 aliphatic heterocycles. The van der Waals surface area contributed by atoms with E-state index in [0.717, 1.165) is 39.4 Å². The number of morpholine rings is 1. The summed E-state index contributed by atoms with van der Waals surface area (Å²) in [6.07, 6.45) is -0.110. The SMILES string of the molecule is O=C(NCC1CNCC1O)C1CC(=O)N(CCN2CCOCC2)C1. The van der Waals surface area contributed by atoms with Crippen molar-refractivity contribution >= 4 is 11.8 Å². The van der Waals surface area contributed by atoms with Gasteiger partial charge in [0.15, 0.2) is 0 Å². The average molecular weight is 340 g/mol. The van der Waals surface area contributed by atoms with Gasteiger partial charge in [0.1, 0.15) is 0 Å². The Morgan fingerprint density at radius 2 is 2.08 bits per heavy atom. The average Bonchev–Trinajstić information content (AvgIpc) is 3.17. The Labute approximate surface area is 142 Å². The largest absolute Gasteiger partial charge is 0.391 e. The van der Waals surface area contributed by atoms with Gasteiger partial charge in [-0.3, -0.25) is 14.5 Å². The fraction of sp³-hybridized carbons (Fsp3) is 0.875. The second-order valence-corrected chi connectivity index (χ2v) is 6.93. The van der Waals surface area contributed by atoms with E-state index in [1.807, 2.05) is 0 Å². The van der Waals surface area contributed by atoms with E-state index in [9.17, 15) is 14.7 Å². The van der Waals surface area contributed by atoms with E-state index in [4.69, 9.17) is 4.74 Å². The number of aliphatic hydroxyl groups excluding tert-OH is 1. The van der Waals surface area contributed by atoms with Gasteiger partial charge < -0.3 is 25.4 Å².